The molecule has 9 nitrogen and oxygen atoms in total. The highest BCUT2D eigenvalue weighted by Crippen LogP contribution is 2.26. The molecule has 182 valence electrons. The summed E-state index contributed by atoms with van der Waals surface area (Å²) in [6.45, 7) is 3.49. The summed E-state index contributed by atoms with van der Waals surface area (Å²) in [5, 5.41) is 13.2. The Morgan fingerprint density at radius 3 is 2.46 bits per heavy atom. The summed E-state index contributed by atoms with van der Waals surface area (Å²) in [5.74, 6) is -0.272. The average Bonchev–Trinajstić information content (AvgIpc) is 3.34. The zero-order chi connectivity index (χ0) is 24.8. The van der Waals surface area contributed by atoms with Crippen molar-refractivity contribution in [2.75, 3.05) is 6.61 Å². The van der Waals surface area contributed by atoms with Gasteiger partial charge in [0.2, 0.25) is 11.8 Å². The van der Waals surface area contributed by atoms with Gasteiger partial charge in [0, 0.05) is 17.2 Å². The van der Waals surface area contributed by atoms with Crippen LogP contribution in [0, 0.1) is 12.8 Å². The number of hydrogen-bond donors (Lipinski definition) is 2. The lowest BCUT2D eigenvalue weighted by molar-refractivity contribution is -0.123. The molecule has 2 N–H and O–H groups in total. The number of rotatable bonds is 6. The minimum atomic E-state index is -0.689. The summed E-state index contributed by atoms with van der Waals surface area (Å²) in [5.41, 5.74) is 2.76. The maximum Gasteiger partial charge on any atom is 0.338 e. The quantitative estimate of drug-likeness (QED) is 0.509. The van der Waals surface area contributed by atoms with Crippen molar-refractivity contribution in [2.24, 2.45) is 5.92 Å². The van der Waals surface area contributed by atoms with Gasteiger partial charge in [0.1, 0.15) is 0 Å². The highest BCUT2D eigenvalue weighted by atomic mass is 16.5. The van der Waals surface area contributed by atoms with Crippen molar-refractivity contribution in [3.63, 3.8) is 0 Å². The van der Waals surface area contributed by atoms with Gasteiger partial charge in [-0.25, -0.2) is 9.59 Å². The van der Waals surface area contributed by atoms with Crippen LogP contribution >= 0.6 is 0 Å². The molecule has 2 atom stereocenters. The molecule has 2 aromatic carbocycles. The number of aryl methyl sites for hydroxylation is 1. The maximum atomic E-state index is 12.3. The van der Waals surface area contributed by atoms with Gasteiger partial charge in [0.25, 0.3) is 5.91 Å². The van der Waals surface area contributed by atoms with Crippen molar-refractivity contribution in [3.8, 4) is 22.9 Å². The normalized spacial score (nSPS) is 17.4. The van der Waals surface area contributed by atoms with Gasteiger partial charge in [0.15, 0.2) is 6.61 Å². The van der Waals surface area contributed by atoms with Gasteiger partial charge in [-0.2, -0.15) is 0 Å². The smallest absolute Gasteiger partial charge is 0.338 e. The molecule has 1 heterocycles. The molecule has 3 aromatic rings. The SMILES string of the molecule is Cc1ccccc1-c1nnc(-c2ccc(C(=O)OCC(=O)NC(=O)NC3CCCCC3C)cc2)o1. The topological polar surface area (TPSA) is 123 Å². The number of nitrogens with zero attached hydrogens (tertiary/aromatic N) is 2. The lowest BCUT2D eigenvalue weighted by Crippen LogP contribution is -2.48. The number of nitrogens with one attached hydrogen (secondary N) is 2. The zero-order valence-electron chi connectivity index (χ0n) is 19.7. The second-order valence-corrected chi connectivity index (χ2v) is 8.77. The molecule has 0 aliphatic heterocycles. The van der Waals surface area contributed by atoms with Crippen LogP contribution in [0.25, 0.3) is 22.9 Å². The van der Waals surface area contributed by atoms with Gasteiger partial charge in [0.05, 0.1) is 5.56 Å². The minimum absolute atomic E-state index is 0.0456. The van der Waals surface area contributed by atoms with Crippen molar-refractivity contribution in [1.29, 1.82) is 0 Å². The number of urea groups is 1. The summed E-state index contributed by atoms with van der Waals surface area (Å²) < 4.78 is 10.8. The van der Waals surface area contributed by atoms with Crippen LogP contribution in [0.3, 0.4) is 0 Å². The molecule has 2 unspecified atom stereocenters. The standard InChI is InChI=1S/C26H28N4O5/c1-16-7-3-5-9-20(16)24-30-29-23(35-24)18-11-13-19(14-12-18)25(32)34-15-22(31)28-26(33)27-21-10-6-4-8-17(21)2/h3,5,7,9,11-14,17,21H,4,6,8,10,15H2,1-2H3,(H2,27,28,31,33). The first-order chi connectivity index (χ1) is 16.9. The Morgan fingerprint density at radius 1 is 1.00 bits per heavy atom. The van der Waals surface area contributed by atoms with Gasteiger partial charge in [-0.1, -0.05) is 38.0 Å². The van der Waals surface area contributed by atoms with E-state index in [0.717, 1.165) is 36.8 Å². The molecule has 3 amide bonds. The number of benzene rings is 2. The van der Waals surface area contributed by atoms with Gasteiger partial charge in [-0.05, 0) is 61.6 Å². The fourth-order valence-electron chi connectivity index (χ4n) is 4.12. The molecule has 1 aromatic heterocycles. The molecule has 9 heteroatoms. The molecular weight excluding hydrogens is 448 g/mol. The van der Waals surface area contributed by atoms with E-state index in [1.807, 2.05) is 31.2 Å². The average molecular weight is 477 g/mol. The van der Waals surface area contributed by atoms with Crippen LogP contribution in [0.5, 0.6) is 0 Å². The number of carbonyl (C=O) groups excluding carboxylic acids is 3. The number of esters is 1. The summed E-state index contributed by atoms with van der Waals surface area (Å²) in [4.78, 5) is 36.4. The van der Waals surface area contributed by atoms with Crippen LogP contribution in [0.4, 0.5) is 4.79 Å². The van der Waals surface area contributed by atoms with Crippen LogP contribution in [-0.4, -0.2) is 40.8 Å². The van der Waals surface area contributed by atoms with Crippen molar-refractivity contribution in [2.45, 2.75) is 45.6 Å². The van der Waals surface area contributed by atoms with Gasteiger partial charge >= 0.3 is 12.0 Å². The second kappa shape index (κ2) is 10.9. The third-order valence-corrected chi connectivity index (χ3v) is 6.18. The Kier molecular flexibility index (Phi) is 7.54. The Labute approximate surface area is 203 Å². The van der Waals surface area contributed by atoms with E-state index in [-0.39, 0.29) is 11.6 Å². The van der Waals surface area contributed by atoms with Gasteiger partial charge in [-0.15, -0.1) is 10.2 Å². The summed E-state index contributed by atoms with van der Waals surface area (Å²) >= 11 is 0. The van der Waals surface area contributed by atoms with Gasteiger partial charge < -0.3 is 14.5 Å². The molecule has 1 saturated carbocycles. The van der Waals surface area contributed by atoms with Crippen LogP contribution in [0.1, 0.15) is 48.5 Å². The first-order valence-corrected chi connectivity index (χ1v) is 11.7. The monoisotopic (exact) mass is 476 g/mol. The Balaban J connectivity index is 1.28. The number of amides is 3. The van der Waals surface area contributed by atoms with Crippen LogP contribution in [0.2, 0.25) is 0 Å². The molecule has 0 spiro atoms. The van der Waals surface area contributed by atoms with E-state index in [4.69, 9.17) is 9.15 Å². The zero-order valence-corrected chi connectivity index (χ0v) is 19.7. The molecule has 1 aliphatic carbocycles. The van der Waals surface area contributed by atoms with E-state index in [9.17, 15) is 14.4 Å². The lowest BCUT2D eigenvalue weighted by atomic mass is 9.86. The van der Waals surface area contributed by atoms with Crippen LogP contribution in [0.15, 0.2) is 52.9 Å². The first kappa shape index (κ1) is 24.1. The Bertz CT molecular complexity index is 1200. The number of ether oxygens (including phenoxy) is 1. The van der Waals surface area contributed by atoms with E-state index in [1.165, 1.54) is 0 Å². The van der Waals surface area contributed by atoms with Gasteiger partial charge in [-0.3, -0.25) is 10.1 Å². The third kappa shape index (κ3) is 6.11. The highest BCUT2D eigenvalue weighted by molar-refractivity contribution is 5.97. The Hall–Kier alpha value is -4.01. The van der Waals surface area contributed by atoms with Crippen LogP contribution in [-0.2, 0) is 9.53 Å². The van der Waals surface area contributed by atoms with E-state index in [0.29, 0.717) is 23.3 Å². The predicted molar refractivity (Wildman–Crippen MR) is 128 cm³/mol. The molecule has 0 saturated heterocycles. The minimum Gasteiger partial charge on any atom is -0.452 e. The molecule has 0 bridgehead atoms. The second-order valence-electron chi connectivity index (χ2n) is 8.77. The van der Waals surface area contributed by atoms with Crippen molar-refractivity contribution < 1.29 is 23.5 Å². The van der Waals surface area contributed by atoms with E-state index < -0.39 is 24.5 Å². The van der Waals surface area contributed by atoms with E-state index >= 15 is 0 Å². The lowest BCUT2D eigenvalue weighted by Gasteiger charge is -2.29. The summed E-state index contributed by atoms with van der Waals surface area (Å²) in [6.07, 6.45) is 4.15. The van der Waals surface area contributed by atoms with Crippen molar-refractivity contribution >= 4 is 17.9 Å². The first-order valence-electron chi connectivity index (χ1n) is 11.7. The van der Waals surface area contributed by atoms with E-state index in [1.54, 1.807) is 24.3 Å². The van der Waals surface area contributed by atoms with Crippen molar-refractivity contribution in [1.82, 2.24) is 20.8 Å². The van der Waals surface area contributed by atoms with E-state index in [2.05, 4.69) is 27.8 Å². The molecule has 0 radical (unpaired) electrons. The number of hydrogen-bond acceptors (Lipinski definition) is 7. The highest BCUT2D eigenvalue weighted by Gasteiger charge is 2.23. The fourth-order valence-corrected chi connectivity index (χ4v) is 4.12. The number of carbonyl (C=O) groups is 3. The molecular formula is C26H28N4O5. The van der Waals surface area contributed by atoms with Crippen molar-refractivity contribution in [3.05, 3.63) is 59.7 Å². The third-order valence-electron chi connectivity index (χ3n) is 6.18. The largest absolute Gasteiger partial charge is 0.452 e. The summed E-state index contributed by atoms with van der Waals surface area (Å²) in [6, 6.07) is 13.6. The maximum absolute atomic E-state index is 12.3. The molecule has 35 heavy (non-hydrogen) atoms. The Morgan fingerprint density at radius 2 is 1.71 bits per heavy atom. The molecule has 1 fully saturated rings. The number of imide groups is 1. The molecule has 4 rings (SSSR count). The summed E-state index contributed by atoms with van der Waals surface area (Å²) in [7, 11) is 0. The molecule has 1 aliphatic rings. The number of aromatic nitrogens is 2. The predicted octanol–water partition coefficient (Wildman–Crippen LogP) is 4.27. The van der Waals surface area contributed by atoms with Crippen LogP contribution < -0.4 is 10.6 Å². The fraction of sp³-hybridized carbons (Fsp3) is 0.346.